The summed E-state index contributed by atoms with van der Waals surface area (Å²) >= 11 is 1.86. The smallest absolute Gasteiger partial charge is 0.246 e. The summed E-state index contributed by atoms with van der Waals surface area (Å²) in [5.74, 6) is 0.119. The number of allylic oxidation sites excluding steroid dienone is 3. The number of amides is 1. The zero-order valence-electron chi connectivity index (χ0n) is 11.9. The molecule has 0 spiro atoms. The highest BCUT2D eigenvalue weighted by Gasteiger charge is 2.26. The lowest BCUT2D eigenvalue weighted by Crippen LogP contribution is -2.29. The third-order valence-electron chi connectivity index (χ3n) is 3.49. The minimum Gasteiger partial charge on any atom is -0.372 e. The molecule has 3 nitrogen and oxygen atoms in total. The van der Waals surface area contributed by atoms with Crippen molar-refractivity contribution in [2.24, 2.45) is 0 Å². The first-order valence-corrected chi connectivity index (χ1v) is 7.91. The number of thioether (sulfide) groups is 1. The third kappa shape index (κ3) is 3.06. The second-order valence-electron chi connectivity index (χ2n) is 4.68. The maximum Gasteiger partial charge on any atom is 0.246 e. The summed E-state index contributed by atoms with van der Waals surface area (Å²) in [4.78, 5) is 15.3. The van der Waals surface area contributed by atoms with Gasteiger partial charge in [0.25, 0.3) is 0 Å². The molecule has 0 saturated carbocycles. The molecule has 1 amide bonds. The molecule has 1 aliphatic carbocycles. The quantitative estimate of drug-likeness (QED) is 0.802. The average molecular weight is 278 g/mol. The van der Waals surface area contributed by atoms with Gasteiger partial charge in [0.2, 0.25) is 5.91 Å². The fraction of sp³-hybridized carbons (Fsp3) is 0.533. The Balaban J connectivity index is 2.17. The predicted octanol–water partition coefficient (Wildman–Crippen LogP) is 3.03. The molecule has 0 aromatic carbocycles. The SMILES string of the molecule is CCC1NC2=C(C=CCC2=CC(=O)N(CC)CC)S1. The van der Waals surface area contributed by atoms with Crippen LogP contribution in [0, 0.1) is 0 Å². The number of hydrogen-bond acceptors (Lipinski definition) is 3. The lowest BCUT2D eigenvalue weighted by atomic mass is 10.0. The minimum absolute atomic E-state index is 0.119. The summed E-state index contributed by atoms with van der Waals surface area (Å²) < 4.78 is 0. The van der Waals surface area contributed by atoms with E-state index in [1.165, 1.54) is 10.6 Å². The van der Waals surface area contributed by atoms with Crippen molar-refractivity contribution in [3.63, 3.8) is 0 Å². The van der Waals surface area contributed by atoms with Gasteiger partial charge in [0.1, 0.15) is 0 Å². The zero-order valence-corrected chi connectivity index (χ0v) is 12.7. The van der Waals surface area contributed by atoms with E-state index in [1.54, 1.807) is 6.08 Å². The molecule has 1 atom stereocenters. The van der Waals surface area contributed by atoms with E-state index in [0.29, 0.717) is 5.37 Å². The van der Waals surface area contributed by atoms with Gasteiger partial charge < -0.3 is 10.2 Å². The van der Waals surface area contributed by atoms with Crippen LogP contribution in [-0.4, -0.2) is 29.3 Å². The van der Waals surface area contributed by atoms with Crippen LogP contribution in [0.4, 0.5) is 0 Å². The molecular formula is C15H22N2OS. The van der Waals surface area contributed by atoms with E-state index in [4.69, 9.17) is 0 Å². The van der Waals surface area contributed by atoms with Gasteiger partial charge in [0, 0.05) is 24.1 Å². The number of nitrogens with zero attached hydrogens (tertiary/aromatic N) is 1. The largest absolute Gasteiger partial charge is 0.372 e. The number of carbonyl (C=O) groups excluding carboxylic acids is 1. The first-order valence-electron chi connectivity index (χ1n) is 7.03. The second kappa shape index (κ2) is 6.33. The van der Waals surface area contributed by atoms with Gasteiger partial charge in [-0.1, -0.05) is 30.8 Å². The van der Waals surface area contributed by atoms with E-state index in [0.717, 1.165) is 31.5 Å². The summed E-state index contributed by atoms with van der Waals surface area (Å²) in [5.41, 5.74) is 2.29. The third-order valence-corrected chi connectivity index (χ3v) is 4.82. The van der Waals surface area contributed by atoms with Crippen molar-refractivity contribution in [2.45, 2.75) is 39.0 Å². The Morgan fingerprint density at radius 2 is 2.21 bits per heavy atom. The molecule has 1 N–H and O–H groups in total. The zero-order chi connectivity index (χ0) is 13.8. The van der Waals surface area contributed by atoms with Crippen molar-refractivity contribution < 1.29 is 4.79 Å². The molecule has 4 heteroatoms. The van der Waals surface area contributed by atoms with Crippen molar-refractivity contribution in [1.82, 2.24) is 10.2 Å². The van der Waals surface area contributed by atoms with Crippen LogP contribution >= 0.6 is 11.8 Å². The monoisotopic (exact) mass is 278 g/mol. The molecule has 0 fully saturated rings. The molecule has 0 bridgehead atoms. The van der Waals surface area contributed by atoms with Crippen LogP contribution in [0.5, 0.6) is 0 Å². The first kappa shape index (κ1) is 14.3. The summed E-state index contributed by atoms with van der Waals surface area (Å²) in [6.45, 7) is 7.74. The fourth-order valence-electron chi connectivity index (χ4n) is 2.33. The maximum absolute atomic E-state index is 12.2. The highest BCUT2D eigenvalue weighted by atomic mass is 32.2. The number of likely N-dealkylation sites (N-methyl/N-ethyl adjacent to an activating group) is 1. The summed E-state index contributed by atoms with van der Waals surface area (Å²) in [6, 6.07) is 0. The van der Waals surface area contributed by atoms with E-state index in [-0.39, 0.29) is 5.91 Å². The summed E-state index contributed by atoms with van der Waals surface area (Å²) in [5, 5.41) is 3.97. The van der Waals surface area contributed by atoms with E-state index < -0.39 is 0 Å². The van der Waals surface area contributed by atoms with Crippen molar-refractivity contribution in [1.29, 1.82) is 0 Å². The fourth-order valence-corrected chi connectivity index (χ4v) is 3.47. The van der Waals surface area contributed by atoms with Gasteiger partial charge in [0.15, 0.2) is 0 Å². The summed E-state index contributed by atoms with van der Waals surface area (Å²) in [7, 11) is 0. The predicted molar refractivity (Wildman–Crippen MR) is 81.6 cm³/mol. The van der Waals surface area contributed by atoms with Crippen LogP contribution in [0.25, 0.3) is 0 Å². The molecule has 1 aliphatic heterocycles. The second-order valence-corrected chi connectivity index (χ2v) is 5.93. The molecule has 2 rings (SSSR count). The van der Waals surface area contributed by atoms with E-state index in [9.17, 15) is 4.79 Å². The van der Waals surface area contributed by atoms with Gasteiger partial charge in [-0.25, -0.2) is 0 Å². The molecule has 2 aliphatic rings. The normalized spacial score (nSPS) is 23.5. The Morgan fingerprint density at radius 3 is 2.84 bits per heavy atom. The topological polar surface area (TPSA) is 32.3 Å². The lowest BCUT2D eigenvalue weighted by Gasteiger charge is -2.19. The van der Waals surface area contributed by atoms with E-state index in [2.05, 4.69) is 24.4 Å². The number of rotatable bonds is 4. The molecule has 0 saturated heterocycles. The molecule has 104 valence electrons. The van der Waals surface area contributed by atoms with Crippen LogP contribution in [0.1, 0.15) is 33.6 Å². The number of carbonyl (C=O) groups is 1. The van der Waals surface area contributed by atoms with Crippen LogP contribution in [0.2, 0.25) is 0 Å². The molecule has 1 heterocycles. The molecular weight excluding hydrogens is 256 g/mol. The minimum atomic E-state index is 0.119. The van der Waals surface area contributed by atoms with Crippen molar-refractivity contribution in [2.75, 3.05) is 13.1 Å². The Kier molecular flexibility index (Phi) is 4.75. The Morgan fingerprint density at radius 1 is 1.47 bits per heavy atom. The highest BCUT2D eigenvalue weighted by Crippen LogP contribution is 2.39. The van der Waals surface area contributed by atoms with Crippen LogP contribution < -0.4 is 5.32 Å². The van der Waals surface area contributed by atoms with Crippen LogP contribution in [0.15, 0.2) is 34.4 Å². The molecule has 1 unspecified atom stereocenters. The van der Waals surface area contributed by atoms with Gasteiger partial charge in [-0.2, -0.15) is 0 Å². The van der Waals surface area contributed by atoms with E-state index in [1.807, 2.05) is 30.5 Å². The van der Waals surface area contributed by atoms with Gasteiger partial charge in [-0.05, 0) is 32.3 Å². The summed E-state index contributed by atoms with van der Waals surface area (Å²) in [6.07, 6.45) is 8.05. The molecule has 19 heavy (non-hydrogen) atoms. The number of nitrogens with one attached hydrogen (secondary N) is 1. The standard InChI is InChI=1S/C15H22N2OS/c1-4-13-16-15-11(8-7-9-12(15)19-13)10-14(18)17(5-2)6-3/h7,9-10,13,16H,4-6,8H2,1-3H3. The van der Waals surface area contributed by atoms with Gasteiger partial charge in [0.05, 0.1) is 11.1 Å². The Bertz CT molecular complexity index is 447. The maximum atomic E-state index is 12.2. The first-order chi connectivity index (χ1) is 9.19. The Labute approximate surface area is 119 Å². The van der Waals surface area contributed by atoms with Crippen LogP contribution in [0.3, 0.4) is 0 Å². The molecule has 0 radical (unpaired) electrons. The van der Waals surface area contributed by atoms with Gasteiger partial charge in [-0.15, -0.1) is 0 Å². The van der Waals surface area contributed by atoms with Crippen molar-refractivity contribution in [3.8, 4) is 0 Å². The Hall–Kier alpha value is -1.16. The highest BCUT2D eigenvalue weighted by molar-refractivity contribution is 8.04. The molecule has 0 aromatic rings. The van der Waals surface area contributed by atoms with Crippen molar-refractivity contribution in [3.05, 3.63) is 34.4 Å². The van der Waals surface area contributed by atoms with Gasteiger partial charge in [-0.3, -0.25) is 4.79 Å². The van der Waals surface area contributed by atoms with Crippen molar-refractivity contribution >= 4 is 17.7 Å². The average Bonchev–Trinajstić information content (AvgIpc) is 2.84. The van der Waals surface area contributed by atoms with Gasteiger partial charge >= 0.3 is 0 Å². The number of hydrogen-bond donors (Lipinski definition) is 1. The van der Waals surface area contributed by atoms with E-state index >= 15 is 0 Å². The lowest BCUT2D eigenvalue weighted by molar-refractivity contribution is -0.125. The molecule has 0 aromatic heterocycles. The van der Waals surface area contributed by atoms with Crippen LogP contribution in [-0.2, 0) is 4.79 Å².